The second-order valence-corrected chi connectivity index (χ2v) is 9.18. The highest BCUT2D eigenvalue weighted by atomic mass is 16.2. The van der Waals surface area contributed by atoms with Crippen molar-refractivity contribution in [2.45, 2.75) is 57.9 Å². The van der Waals surface area contributed by atoms with Crippen LogP contribution in [0.25, 0.3) is 0 Å². The fourth-order valence-corrected chi connectivity index (χ4v) is 6.26. The molecule has 0 spiro atoms. The van der Waals surface area contributed by atoms with Crippen LogP contribution in [0.4, 0.5) is 5.69 Å². The first-order chi connectivity index (χ1) is 13.5. The number of hydrogen-bond acceptors (Lipinski definition) is 4. The molecule has 28 heavy (non-hydrogen) atoms. The lowest BCUT2D eigenvalue weighted by molar-refractivity contribution is -0.144. The highest BCUT2D eigenvalue weighted by Gasteiger charge is 2.61. The van der Waals surface area contributed by atoms with E-state index in [4.69, 9.17) is 0 Å². The number of hydrogen-bond donors (Lipinski definition) is 1. The molecule has 1 aromatic rings. The summed E-state index contributed by atoms with van der Waals surface area (Å²) in [4.78, 5) is 44.3. The number of aromatic nitrogens is 1. The van der Waals surface area contributed by atoms with E-state index in [1.807, 2.05) is 13.0 Å². The van der Waals surface area contributed by atoms with Crippen molar-refractivity contribution in [2.24, 2.45) is 29.6 Å². The van der Waals surface area contributed by atoms with Crippen LogP contribution in [0.5, 0.6) is 0 Å². The quantitative estimate of drug-likeness (QED) is 0.817. The summed E-state index contributed by atoms with van der Waals surface area (Å²) in [5.41, 5.74) is 1.73. The third kappa shape index (κ3) is 2.76. The van der Waals surface area contributed by atoms with Gasteiger partial charge in [-0.1, -0.05) is 0 Å². The predicted molar refractivity (Wildman–Crippen MR) is 103 cm³/mol. The van der Waals surface area contributed by atoms with Crippen LogP contribution in [0.15, 0.2) is 18.5 Å². The fraction of sp³-hybridized carbons (Fsp3) is 0.636. The minimum atomic E-state index is -0.0692. The van der Waals surface area contributed by atoms with Gasteiger partial charge in [0.25, 0.3) is 0 Å². The Morgan fingerprint density at radius 2 is 1.64 bits per heavy atom. The molecule has 3 aliphatic carbocycles. The number of anilines is 1. The van der Waals surface area contributed by atoms with Crippen molar-refractivity contribution in [3.05, 3.63) is 24.0 Å². The number of imide groups is 1. The minimum Gasteiger partial charge on any atom is -0.324 e. The van der Waals surface area contributed by atoms with Crippen molar-refractivity contribution in [1.82, 2.24) is 9.88 Å². The molecule has 1 N–H and O–H groups in total. The summed E-state index contributed by atoms with van der Waals surface area (Å²) >= 11 is 0. The number of rotatable bonds is 3. The Balaban J connectivity index is 1.21. The molecule has 4 atom stereocenters. The fourth-order valence-electron chi connectivity index (χ4n) is 6.26. The molecular formula is C22H27N3O3. The summed E-state index contributed by atoms with van der Waals surface area (Å²) in [6.07, 6.45) is 9.61. The van der Waals surface area contributed by atoms with Gasteiger partial charge in [-0.2, -0.15) is 0 Å². The zero-order valence-corrected chi connectivity index (χ0v) is 16.3. The molecule has 4 aliphatic rings. The molecule has 2 heterocycles. The van der Waals surface area contributed by atoms with Gasteiger partial charge in [0.05, 0.1) is 23.7 Å². The first-order valence-corrected chi connectivity index (χ1v) is 10.6. The standard InChI is InChI=1S/C22H27N3O3/c1-12-8-16(11-23-10-12)24-20(26)13-4-6-17(7-5-13)25-21(27)18-14-2-3-15(9-14)19(18)22(25)28/h8,10-11,13-15,17-19H,2-7,9H2,1H3,(H,24,26)/t13-,14-,15+,17-,18-,19+. The van der Waals surface area contributed by atoms with Gasteiger partial charge in [0.1, 0.15) is 0 Å². The van der Waals surface area contributed by atoms with E-state index in [-0.39, 0.29) is 41.5 Å². The Labute approximate surface area is 165 Å². The largest absolute Gasteiger partial charge is 0.324 e. The van der Waals surface area contributed by atoms with Crippen LogP contribution in [0, 0.1) is 36.5 Å². The first-order valence-electron chi connectivity index (χ1n) is 10.6. The number of fused-ring (bicyclic) bond motifs is 5. The van der Waals surface area contributed by atoms with Crippen molar-refractivity contribution in [3.63, 3.8) is 0 Å². The molecular weight excluding hydrogens is 354 g/mol. The predicted octanol–water partition coefficient (Wildman–Crippen LogP) is 2.92. The lowest BCUT2D eigenvalue weighted by atomic mass is 9.81. The number of pyridine rings is 1. The molecule has 1 saturated heterocycles. The van der Waals surface area contributed by atoms with Gasteiger partial charge in [0.2, 0.25) is 17.7 Å². The summed E-state index contributed by atoms with van der Waals surface area (Å²) in [6, 6.07) is 1.89. The second kappa shape index (κ2) is 6.68. The maximum atomic E-state index is 13.0. The van der Waals surface area contributed by atoms with Gasteiger partial charge >= 0.3 is 0 Å². The van der Waals surface area contributed by atoms with E-state index in [1.54, 1.807) is 17.3 Å². The van der Waals surface area contributed by atoms with E-state index in [0.29, 0.717) is 11.8 Å². The summed E-state index contributed by atoms with van der Waals surface area (Å²) in [6.45, 7) is 1.94. The van der Waals surface area contributed by atoms with Crippen molar-refractivity contribution < 1.29 is 14.4 Å². The number of carbonyl (C=O) groups is 3. The Morgan fingerprint density at radius 3 is 2.25 bits per heavy atom. The summed E-state index contributed by atoms with van der Waals surface area (Å²) in [5, 5.41) is 2.96. The summed E-state index contributed by atoms with van der Waals surface area (Å²) in [5.74, 6) is 0.896. The maximum absolute atomic E-state index is 13.0. The molecule has 0 unspecified atom stereocenters. The van der Waals surface area contributed by atoms with Crippen LogP contribution >= 0.6 is 0 Å². The SMILES string of the molecule is Cc1cncc(NC(=O)[C@H]2CC[C@H](N3C(=O)[C@@H]4[C@@H]5CC[C@@H](C5)[C@@H]4C3=O)CC2)c1. The number of nitrogens with zero attached hydrogens (tertiary/aromatic N) is 2. The van der Waals surface area contributed by atoms with E-state index in [0.717, 1.165) is 56.2 Å². The molecule has 1 aliphatic heterocycles. The van der Waals surface area contributed by atoms with Crippen molar-refractivity contribution in [2.75, 3.05) is 5.32 Å². The van der Waals surface area contributed by atoms with Crippen LogP contribution in [0.3, 0.4) is 0 Å². The van der Waals surface area contributed by atoms with E-state index in [1.165, 1.54) is 0 Å². The topological polar surface area (TPSA) is 79.4 Å². The van der Waals surface area contributed by atoms with Gasteiger partial charge in [0.15, 0.2) is 0 Å². The molecule has 148 valence electrons. The normalized spacial score (nSPS) is 36.7. The van der Waals surface area contributed by atoms with Gasteiger partial charge in [-0.05, 0) is 75.3 Å². The molecule has 0 radical (unpaired) electrons. The summed E-state index contributed by atoms with van der Waals surface area (Å²) < 4.78 is 0. The van der Waals surface area contributed by atoms with E-state index in [9.17, 15) is 14.4 Å². The average molecular weight is 381 g/mol. The molecule has 6 nitrogen and oxygen atoms in total. The molecule has 5 rings (SSSR count). The van der Waals surface area contributed by atoms with Crippen LogP contribution < -0.4 is 5.32 Å². The van der Waals surface area contributed by atoms with Crippen molar-refractivity contribution >= 4 is 23.4 Å². The Kier molecular flexibility index (Phi) is 4.25. The van der Waals surface area contributed by atoms with Crippen LogP contribution in [0.2, 0.25) is 0 Å². The van der Waals surface area contributed by atoms with Crippen LogP contribution in [0.1, 0.15) is 50.5 Å². The highest BCUT2D eigenvalue weighted by molar-refractivity contribution is 6.06. The highest BCUT2D eigenvalue weighted by Crippen LogP contribution is 2.56. The molecule has 0 aromatic carbocycles. The van der Waals surface area contributed by atoms with E-state index < -0.39 is 0 Å². The van der Waals surface area contributed by atoms with Gasteiger partial charge in [0, 0.05) is 18.2 Å². The summed E-state index contributed by atoms with van der Waals surface area (Å²) in [7, 11) is 0. The molecule has 6 heteroatoms. The third-order valence-electron chi connectivity index (χ3n) is 7.54. The monoisotopic (exact) mass is 381 g/mol. The van der Waals surface area contributed by atoms with Gasteiger partial charge < -0.3 is 5.32 Å². The van der Waals surface area contributed by atoms with E-state index in [2.05, 4.69) is 10.3 Å². The number of amides is 3. The zero-order valence-electron chi connectivity index (χ0n) is 16.3. The lowest BCUT2D eigenvalue weighted by Gasteiger charge is -2.33. The van der Waals surface area contributed by atoms with Crippen LogP contribution in [-0.2, 0) is 14.4 Å². The molecule has 3 amide bonds. The number of likely N-dealkylation sites (tertiary alicyclic amines) is 1. The second-order valence-electron chi connectivity index (χ2n) is 9.18. The molecule has 2 bridgehead atoms. The van der Waals surface area contributed by atoms with Gasteiger partial charge in [-0.15, -0.1) is 0 Å². The number of carbonyl (C=O) groups excluding carboxylic acids is 3. The molecule has 4 fully saturated rings. The third-order valence-corrected chi connectivity index (χ3v) is 7.54. The molecule has 1 aromatic heterocycles. The molecule has 3 saturated carbocycles. The Hall–Kier alpha value is -2.24. The van der Waals surface area contributed by atoms with Crippen LogP contribution in [-0.4, -0.2) is 33.6 Å². The smallest absolute Gasteiger partial charge is 0.233 e. The number of nitrogens with one attached hydrogen (secondary N) is 1. The average Bonchev–Trinajstić information content (AvgIpc) is 3.36. The van der Waals surface area contributed by atoms with Crippen molar-refractivity contribution in [1.29, 1.82) is 0 Å². The maximum Gasteiger partial charge on any atom is 0.233 e. The van der Waals surface area contributed by atoms with E-state index >= 15 is 0 Å². The number of aryl methyl sites for hydroxylation is 1. The van der Waals surface area contributed by atoms with Gasteiger partial charge in [-0.25, -0.2) is 0 Å². The van der Waals surface area contributed by atoms with Crippen molar-refractivity contribution in [3.8, 4) is 0 Å². The lowest BCUT2D eigenvalue weighted by Crippen LogP contribution is -2.44. The minimum absolute atomic E-state index is 0.0137. The Morgan fingerprint density at radius 1 is 1.00 bits per heavy atom. The Bertz CT molecular complexity index is 802. The zero-order chi connectivity index (χ0) is 19.4. The first kappa shape index (κ1) is 17.8. The van der Waals surface area contributed by atoms with Gasteiger partial charge in [-0.3, -0.25) is 24.3 Å².